The molecule has 0 radical (unpaired) electrons. The molecular weight excluding hydrogens is 472 g/mol. The molecule has 1 N–H and O–H groups in total. The second-order valence-electron chi connectivity index (χ2n) is 7.67. The number of carbonyl (C=O) groups excluding carboxylic acids is 1. The molecule has 176 valence electrons. The second-order valence-corrected chi connectivity index (χ2v) is 9.16. The van der Waals surface area contributed by atoms with E-state index in [4.69, 9.17) is 36.9 Å². The topological polar surface area (TPSA) is 73.1 Å². The fourth-order valence-corrected chi connectivity index (χ4v) is 5.36. The first-order valence-corrected chi connectivity index (χ1v) is 12.3. The third kappa shape index (κ3) is 5.46. The van der Waals surface area contributed by atoms with E-state index in [1.165, 1.54) is 4.88 Å². The second kappa shape index (κ2) is 11.3. The first kappa shape index (κ1) is 23.9. The molecule has 34 heavy (non-hydrogen) atoms. The molecule has 3 aromatic rings. The van der Waals surface area contributed by atoms with Crippen molar-refractivity contribution in [1.82, 2.24) is 5.32 Å². The zero-order valence-corrected chi connectivity index (χ0v) is 20.4. The number of rotatable bonds is 9. The van der Waals surface area contributed by atoms with Gasteiger partial charge in [0.05, 0.1) is 30.0 Å². The van der Waals surface area contributed by atoms with Crippen molar-refractivity contribution in [3.63, 3.8) is 0 Å². The maximum Gasteiger partial charge on any atom is 0.255 e. The van der Waals surface area contributed by atoms with Gasteiger partial charge in [0, 0.05) is 11.1 Å². The highest BCUT2D eigenvalue weighted by Gasteiger charge is 2.25. The summed E-state index contributed by atoms with van der Waals surface area (Å²) in [5.41, 5.74) is 2.48. The van der Waals surface area contributed by atoms with E-state index in [9.17, 15) is 4.79 Å². The summed E-state index contributed by atoms with van der Waals surface area (Å²) in [7, 11) is 0. The molecule has 1 aliphatic rings. The highest BCUT2D eigenvalue weighted by molar-refractivity contribution is 7.16. The number of nitrogens with one attached hydrogen (secondary N) is 1. The lowest BCUT2D eigenvalue weighted by molar-refractivity contribution is 0.0948. The molecule has 0 fully saturated rings. The number of furan rings is 1. The van der Waals surface area contributed by atoms with Crippen LogP contribution < -0.4 is 14.8 Å². The largest absolute Gasteiger partial charge is 0.490 e. The van der Waals surface area contributed by atoms with Gasteiger partial charge in [-0.2, -0.15) is 0 Å². The standard InChI is InChI=1S/C26H25ClN2O4S/c1-3-11-33-24-20(27)13-17(14-21(24)31-4-2)15-29-26-23(19-9-5-6-10-22(19)34-26)25(30)28-16-18-8-7-12-32-18/h1,7-8,12-15H,4-6,9-11,16H2,2H3,(H,28,30). The fraction of sp³-hybridized carbons (Fsp3) is 0.308. The quantitative estimate of drug-likeness (QED) is 0.293. The molecule has 0 saturated heterocycles. The van der Waals surface area contributed by atoms with Crippen LogP contribution in [0, 0.1) is 12.3 Å². The molecule has 0 atom stereocenters. The van der Waals surface area contributed by atoms with Gasteiger partial charge in [0.15, 0.2) is 11.5 Å². The van der Waals surface area contributed by atoms with Crippen molar-refractivity contribution in [1.29, 1.82) is 0 Å². The van der Waals surface area contributed by atoms with Gasteiger partial charge in [0.25, 0.3) is 5.91 Å². The van der Waals surface area contributed by atoms with Crippen LogP contribution in [0.1, 0.15) is 51.9 Å². The van der Waals surface area contributed by atoms with Gasteiger partial charge in [-0.05, 0) is 68.0 Å². The number of nitrogens with zero attached hydrogens (tertiary/aromatic N) is 1. The minimum Gasteiger partial charge on any atom is -0.490 e. The number of fused-ring (bicyclic) bond motifs is 1. The van der Waals surface area contributed by atoms with Crippen molar-refractivity contribution in [3.8, 4) is 23.8 Å². The highest BCUT2D eigenvalue weighted by Crippen LogP contribution is 2.40. The predicted molar refractivity (Wildman–Crippen MR) is 135 cm³/mol. The van der Waals surface area contributed by atoms with E-state index in [2.05, 4.69) is 11.2 Å². The third-order valence-corrected chi connectivity index (χ3v) is 6.83. The number of benzene rings is 1. The van der Waals surface area contributed by atoms with Gasteiger partial charge in [0.1, 0.15) is 17.4 Å². The lowest BCUT2D eigenvalue weighted by atomic mass is 9.95. The number of carbonyl (C=O) groups is 1. The first-order chi connectivity index (χ1) is 16.6. The normalized spacial score (nSPS) is 12.9. The van der Waals surface area contributed by atoms with Crippen molar-refractivity contribution < 1.29 is 18.7 Å². The SMILES string of the molecule is C#CCOc1c(Cl)cc(C=Nc2sc3c(c2C(=O)NCc2ccco2)CCCC3)cc1OCC. The van der Waals surface area contributed by atoms with Gasteiger partial charge in [-0.25, -0.2) is 4.99 Å². The van der Waals surface area contributed by atoms with Crippen LogP contribution in [0.25, 0.3) is 0 Å². The van der Waals surface area contributed by atoms with Crippen LogP contribution in [0.3, 0.4) is 0 Å². The zero-order chi connectivity index (χ0) is 23.9. The molecule has 6 nitrogen and oxygen atoms in total. The summed E-state index contributed by atoms with van der Waals surface area (Å²) >= 11 is 8.01. The van der Waals surface area contributed by atoms with Crippen LogP contribution in [0.4, 0.5) is 5.00 Å². The van der Waals surface area contributed by atoms with E-state index >= 15 is 0 Å². The number of hydrogen-bond donors (Lipinski definition) is 1. The van der Waals surface area contributed by atoms with Gasteiger partial charge in [0.2, 0.25) is 0 Å². The molecule has 1 aromatic carbocycles. The fourth-order valence-electron chi connectivity index (χ4n) is 3.86. The minimum atomic E-state index is -0.144. The summed E-state index contributed by atoms with van der Waals surface area (Å²) in [6.45, 7) is 2.74. The van der Waals surface area contributed by atoms with Crippen LogP contribution in [-0.2, 0) is 19.4 Å². The smallest absolute Gasteiger partial charge is 0.255 e. The van der Waals surface area contributed by atoms with E-state index in [-0.39, 0.29) is 12.5 Å². The van der Waals surface area contributed by atoms with Gasteiger partial charge in [-0.1, -0.05) is 17.5 Å². The Bertz CT molecular complexity index is 1220. The van der Waals surface area contributed by atoms with Gasteiger partial charge >= 0.3 is 0 Å². The minimum absolute atomic E-state index is 0.0878. The molecule has 0 saturated carbocycles. The molecule has 1 amide bonds. The Morgan fingerprint density at radius 2 is 2.21 bits per heavy atom. The van der Waals surface area contributed by atoms with Crippen molar-refractivity contribution in [2.45, 2.75) is 39.2 Å². The molecule has 4 rings (SSSR count). The highest BCUT2D eigenvalue weighted by atomic mass is 35.5. The Morgan fingerprint density at radius 3 is 2.97 bits per heavy atom. The van der Waals surface area contributed by atoms with E-state index in [0.29, 0.717) is 46.0 Å². The molecule has 1 aliphatic carbocycles. The Labute approximate surface area is 207 Å². The average Bonchev–Trinajstić information content (AvgIpc) is 3.48. The summed E-state index contributed by atoms with van der Waals surface area (Å²) in [5, 5.41) is 4.03. The Morgan fingerprint density at radius 1 is 1.35 bits per heavy atom. The summed E-state index contributed by atoms with van der Waals surface area (Å²) in [6, 6.07) is 7.17. The third-order valence-electron chi connectivity index (χ3n) is 5.35. The van der Waals surface area contributed by atoms with Crippen molar-refractivity contribution in [2.75, 3.05) is 13.2 Å². The molecule has 0 aliphatic heterocycles. The number of amides is 1. The lowest BCUT2D eigenvalue weighted by Crippen LogP contribution is -2.23. The van der Waals surface area contributed by atoms with Crippen LogP contribution in [0.2, 0.25) is 5.02 Å². The molecule has 0 spiro atoms. The molecule has 0 bridgehead atoms. The number of thiophene rings is 1. The Kier molecular flexibility index (Phi) is 7.94. The monoisotopic (exact) mass is 496 g/mol. The molecular formula is C26H25ClN2O4S. The summed E-state index contributed by atoms with van der Waals surface area (Å²) in [5.74, 6) is 3.89. The molecule has 2 heterocycles. The van der Waals surface area contributed by atoms with Crippen molar-refractivity contribution in [2.24, 2.45) is 4.99 Å². The van der Waals surface area contributed by atoms with E-state index in [1.54, 1.807) is 42.0 Å². The van der Waals surface area contributed by atoms with E-state index < -0.39 is 0 Å². The van der Waals surface area contributed by atoms with Gasteiger partial charge in [-0.3, -0.25) is 4.79 Å². The van der Waals surface area contributed by atoms with Gasteiger partial charge in [-0.15, -0.1) is 17.8 Å². The molecule has 8 heteroatoms. The summed E-state index contributed by atoms with van der Waals surface area (Å²) < 4.78 is 16.6. The Balaban J connectivity index is 1.63. The van der Waals surface area contributed by atoms with Crippen molar-refractivity contribution in [3.05, 3.63) is 62.9 Å². The number of aliphatic imine (C=N–C) groups is 1. The van der Waals surface area contributed by atoms with E-state index in [0.717, 1.165) is 36.8 Å². The number of aryl methyl sites for hydroxylation is 1. The first-order valence-electron chi connectivity index (χ1n) is 11.1. The predicted octanol–water partition coefficient (Wildman–Crippen LogP) is 5.96. The summed E-state index contributed by atoms with van der Waals surface area (Å²) in [6.07, 6.45) is 12.6. The molecule has 2 aromatic heterocycles. The number of ether oxygens (including phenoxy) is 2. The average molecular weight is 497 g/mol. The van der Waals surface area contributed by atoms with Crippen LogP contribution in [0.15, 0.2) is 39.9 Å². The maximum absolute atomic E-state index is 13.1. The molecule has 0 unspecified atom stereocenters. The zero-order valence-electron chi connectivity index (χ0n) is 18.9. The van der Waals surface area contributed by atoms with Crippen LogP contribution in [0.5, 0.6) is 11.5 Å². The Hall–Kier alpha value is -3.21. The van der Waals surface area contributed by atoms with Crippen molar-refractivity contribution >= 4 is 40.1 Å². The maximum atomic E-state index is 13.1. The van der Waals surface area contributed by atoms with Gasteiger partial charge < -0.3 is 19.2 Å². The van der Waals surface area contributed by atoms with Crippen LogP contribution in [-0.4, -0.2) is 25.3 Å². The van der Waals surface area contributed by atoms with E-state index in [1.807, 2.05) is 13.0 Å². The summed E-state index contributed by atoms with van der Waals surface area (Å²) in [4.78, 5) is 19.1. The lowest BCUT2D eigenvalue weighted by Gasteiger charge is -2.13. The number of terminal acetylenes is 1. The number of hydrogen-bond acceptors (Lipinski definition) is 6. The van der Waals surface area contributed by atoms with Crippen LogP contribution >= 0.6 is 22.9 Å². The number of halogens is 1.